The first-order valence-corrected chi connectivity index (χ1v) is 8.58. The van der Waals surface area contributed by atoms with E-state index in [2.05, 4.69) is 20.6 Å². The van der Waals surface area contributed by atoms with Crippen LogP contribution in [0.3, 0.4) is 0 Å². The van der Waals surface area contributed by atoms with E-state index in [-0.39, 0.29) is 5.91 Å². The minimum absolute atomic E-state index is 0.233. The number of rotatable bonds is 5. The quantitative estimate of drug-likeness (QED) is 0.691. The van der Waals surface area contributed by atoms with Gasteiger partial charge in [0.1, 0.15) is 0 Å². The number of hydrogen-bond acceptors (Lipinski definition) is 4. The van der Waals surface area contributed by atoms with Gasteiger partial charge in [-0.25, -0.2) is 9.97 Å². The molecule has 0 saturated carbocycles. The minimum atomic E-state index is -0.233. The summed E-state index contributed by atoms with van der Waals surface area (Å²) in [4.78, 5) is 20.8. The van der Waals surface area contributed by atoms with Gasteiger partial charge in [-0.1, -0.05) is 35.9 Å². The average molecular weight is 367 g/mol. The van der Waals surface area contributed by atoms with Gasteiger partial charge in [0.05, 0.1) is 5.56 Å². The Labute approximate surface area is 157 Å². The fraction of sp³-hybridized carbons (Fsp3) is 0.150. The standard InChI is InChI=1S/C20H19ClN4O/c1-13-4-3-5-18(14(13)2)25-19(26)16-11-23-20(24-12-16)22-10-15-6-8-17(21)9-7-15/h3-9,11-12H,10H2,1-2H3,(H,25,26)(H,22,23,24). The van der Waals surface area contributed by atoms with E-state index in [0.29, 0.717) is 23.1 Å². The van der Waals surface area contributed by atoms with E-state index < -0.39 is 0 Å². The van der Waals surface area contributed by atoms with E-state index in [0.717, 1.165) is 22.4 Å². The van der Waals surface area contributed by atoms with Crippen LogP contribution < -0.4 is 10.6 Å². The fourth-order valence-electron chi connectivity index (χ4n) is 2.40. The Morgan fingerprint density at radius 1 is 1.04 bits per heavy atom. The number of hydrogen-bond donors (Lipinski definition) is 2. The number of halogens is 1. The van der Waals surface area contributed by atoms with Crippen LogP contribution in [0.5, 0.6) is 0 Å². The predicted molar refractivity (Wildman–Crippen MR) is 105 cm³/mol. The number of carbonyl (C=O) groups is 1. The van der Waals surface area contributed by atoms with E-state index in [9.17, 15) is 4.79 Å². The number of amides is 1. The summed E-state index contributed by atoms with van der Waals surface area (Å²) in [6.45, 7) is 4.56. The molecule has 0 fully saturated rings. The zero-order valence-electron chi connectivity index (χ0n) is 14.6. The summed E-state index contributed by atoms with van der Waals surface area (Å²) in [6.07, 6.45) is 3.02. The molecule has 1 heterocycles. The summed E-state index contributed by atoms with van der Waals surface area (Å²) >= 11 is 5.87. The van der Waals surface area contributed by atoms with Crippen LogP contribution >= 0.6 is 11.6 Å². The molecule has 0 aliphatic heterocycles. The van der Waals surface area contributed by atoms with Crippen molar-refractivity contribution >= 4 is 29.1 Å². The van der Waals surface area contributed by atoms with Crippen molar-refractivity contribution in [3.63, 3.8) is 0 Å². The number of carbonyl (C=O) groups excluding carboxylic acids is 1. The van der Waals surface area contributed by atoms with Gasteiger partial charge in [0.25, 0.3) is 5.91 Å². The van der Waals surface area contributed by atoms with E-state index in [4.69, 9.17) is 11.6 Å². The zero-order valence-corrected chi connectivity index (χ0v) is 15.3. The van der Waals surface area contributed by atoms with Gasteiger partial charge < -0.3 is 10.6 Å². The molecule has 2 N–H and O–H groups in total. The monoisotopic (exact) mass is 366 g/mol. The number of anilines is 2. The maximum atomic E-state index is 12.4. The lowest BCUT2D eigenvalue weighted by Crippen LogP contribution is -2.14. The molecule has 132 valence electrons. The number of aromatic nitrogens is 2. The van der Waals surface area contributed by atoms with E-state index in [1.54, 1.807) is 0 Å². The van der Waals surface area contributed by atoms with Crippen LogP contribution in [0.4, 0.5) is 11.6 Å². The van der Waals surface area contributed by atoms with E-state index >= 15 is 0 Å². The van der Waals surface area contributed by atoms with E-state index in [1.807, 2.05) is 56.3 Å². The van der Waals surface area contributed by atoms with Crippen molar-refractivity contribution in [1.29, 1.82) is 0 Å². The predicted octanol–water partition coefficient (Wildman–Crippen LogP) is 4.61. The molecule has 3 aromatic rings. The first-order valence-electron chi connectivity index (χ1n) is 8.21. The van der Waals surface area contributed by atoms with Gasteiger partial charge in [-0.15, -0.1) is 0 Å². The molecule has 6 heteroatoms. The Bertz CT molecular complexity index is 908. The van der Waals surface area contributed by atoms with Crippen LogP contribution in [0.25, 0.3) is 0 Å². The summed E-state index contributed by atoms with van der Waals surface area (Å²) in [5, 5.41) is 6.71. The maximum Gasteiger partial charge on any atom is 0.258 e. The van der Waals surface area contributed by atoms with Gasteiger partial charge in [-0.2, -0.15) is 0 Å². The number of nitrogens with one attached hydrogen (secondary N) is 2. The molecular weight excluding hydrogens is 348 g/mol. The lowest BCUT2D eigenvalue weighted by Gasteiger charge is -2.10. The first-order chi connectivity index (χ1) is 12.5. The SMILES string of the molecule is Cc1cccc(NC(=O)c2cnc(NCc3ccc(Cl)cc3)nc2)c1C. The second-order valence-corrected chi connectivity index (χ2v) is 6.41. The van der Waals surface area contributed by atoms with Crippen LogP contribution in [0.2, 0.25) is 5.02 Å². The maximum absolute atomic E-state index is 12.4. The molecule has 1 aromatic heterocycles. The highest BCUT2D eigenvalue weighted by molar-refractivity contribution is 6.30. The fourth-order valence-corrected chi connectivity index (χ4v) is 2.53. The second-order valence-electron chi connectivity index (χ2n) is 5.98. The van der Waals surface area contributed by atoms with Gasteiger partial charge >= 0.3 is 0 Å². The lowest BCUT2D eigenvalue weighted by molar-refractivity contribution is 0.102. The Hall–Kier alpha value is -2.92. The molecule has 0 saturated heterocycles. The van der Waals surface area contributed by atoms with Crippen molar-refractivity contribution in [1.82, 2.24) is 9.97 Å². The van der Waals surface area contributed by atoms with Crippen molar-refractivity contribution in [3.05, 3.63) is 82.1 Å². The van der Waals surface area contributed by atoms with Crippen molar-refractivity contribution in [2.45, 2.75) is 20.4 Å². The Kier molecular flexibility index (Phi) is 5.49. The van der Waals surface area contributed by atoms with Crippen LogP contribution in [0.1, 0.15) is 27.0 Å². The van der Waals surface area contributed by atoms with Gasteiger partial charge in [0, 0.05) is 29.6 Å². The van der Waals surface area contributed by atoms with Gasteiger partial charge in [-0.05, 0) is 48.7 Å². The molecular formula is C20H19ClN4O. The number of benzene rings is 2. The Morgan fingerprint density at radius 3 is 2.42 bits per heavy atom. The molecule has 0 bridgehead atoms. The third-order valence-corrected chi connectivity index (χ3v) is 4.38. The van der Waals surface area contributed by atoms with Crippen molar-refractivity contribution in [3.8, 4) is 0 Å². The zero-order chi connectivity index (χ0) is 18.5. The molecule has 2 aromatic carbocycles. The van der Waals surface area contributed by atoms with Crippen LogP contribution in [-0.4, -0.2) is 15.9 Å². The molecule has 0 atom stereocenters. The number of nitrogens with zero attached hydrogens (tertiary/aromatic N) is 2. The second kappa shape index (κ2) is 7.97. The first kappa shape index (κ1) is 17.9. The topological polar surface area (TPSA) is 66.9 Å². The highest BCUT2D eigenvalue weighted by atomic mass is 35.5. The molecule has 26 heavy (non-hydrogen) atoms. The average Bonchev–Trinajstić information content (AvgIpc) is 2.65. The normalized spacial score (nSPS) is 10.4. The van der Waals surface area contributed by atoms with Gasteiger partial charge in [-0.3, -0.25) is 4.79 Å². The van der Waals surface area contributed by atoms with Crippen LogP contribution in [0, 0.1) is 13.8 Å². The summed E-state index contributed by atoms with van der Waals surface area (Å²) in [5.74, 6) is 0.228. The molecule has 0 radical (unpaired) electrons. The molecule has 0 spiro atoms. The smallest absolute Gasteiger partial charge is 0.258 e. The summed E-state index contributed by atoms with van der Waals surface area (Å²) in [5.41, 5.74) is 4.43. The van der Waals surface area contributed by atoms with Crippen molar-refractivity contribution in [2.75, 3.05) is 10.6 Å². The minimum Gasteiger partial charge on any atom is -0.350 e. The third kappa shape index (κ3) is 4.37. The molecule has 0 aliphatic carbocycles. The molecule has 1 amide bonds. The molecule has 0 aliphatic rings. The van der Waals surface area contributed by atoms with Gasteiger partial charge in [0.15, 0.2) is 0 Å². The van der Waals surface area contributed by atoms with Crippen molar-refractivity contribution < 1.29 is 4.79 Å². The van der Waals surface area contributed by atoms with Crippen LogP contribution in [0.15, 0.2) is 54.9 Å². The summed E-state index contributed by atoms with van der Waals surface area (Å²) < 4.78 is 0. The highest BCUT2D eigenvalue weighted by Crippen LogP contribution is 2.18. The highest BCUT2D eigenvalue weighted by Gasteiger charge is 2.10. The van der Waals surface area contributed by atoms with Crippen LogP contribution in [-0.2, 0) is 6.54 Å². The van der Waals surface area contributed by atoms with E-state index in [1.165, 1.54) is 12.4 Å². The summed E-state index contributed by atoms with van der Waals surface area (Å²) in [6, 6.07) is 13.3. The Balaban J connectivity index is 1.62. The lowest BCUT2D eigenvalue weighted by atomic mass is 10.1. The Morgan fingerprint density at radius 2 is 1.73 bits per heavy atom. The third-order valence-electron chi connectivity index (χ3n) is 4.13. The van der Waals surface area contributed by atoms with Gasteiger partial charge in [0.2, 0.25) is 5.95 Å². The molecule has 5 nitrogen and oxygen atoms in total. The van der Waals surface area contributed by atoms with Crippen molar-refractivity contribution in [2.24, 2.45) is 0 Å². The molecule has 3 rings (SSSR count). The summed E-state index contributed by atoms with van der Waals surface area (Å²) in [7, 11) is 0. The number of aryl methyl sites for hydroxylation is 1. The largest absolute Gasteiger partial charge is 0.350 e. The molecule has 0 unspecified atom stereocenters.